The first-order valence-corrected chi connectivity index (χ1v) is 8.40. The van der Waals surface area contributed by atoms with Gasteiger partial charge in [-0.2, -0.15) is 0 Å². The standard InChI is InChI=1S/C20H23NO4/c1-23-16-8-9-17(18(14-16)24-2)19(22)25-20(10-12-21-13-11-20)15-6-4-3-5-7-15/h3-9,14,21H,10-13H2,1-2H3. The summed E-state index contributed by atoms with van der Waals surface area (Å²) in [5.41, 5.74) is 0.809. The van der Waals surface area contributed by atoms with Crippen LogP contribution in [0.2, 0.25) is 0 Å². The van der Waals surface area contributed by atoms with Crippen LogP contribution in [-0.4, -0.2) is 33.3 Å². The summed E-state index contributed by atoms with van der Waals surface area (Å²) in [5, 5.41) is 3.33. The van der Waals surface area contributed by atoms with Crippen LogP contribution in [-0.2, 0) is 10.3 Å². The summed E-state index contributed by atoms with van der Waals surface area (Å²) >= 11 is 0. The predicted molar refractivity (Wildman–Crippen MR) is 95.2 cm³/mol. The van der Waals surface area contributed by atoms with Gasteiger partial charge in [0.25, 0.3) is 0 Å². The van der Waals surface area contributed by atoms with Crippen molar-refractivity contribution in [1.29, 1.82) is 0 Å². The predicted octanol–water partition coefficient (Wildman–Crippen LogP) is 3.14. The van der Waals surface area contributed by atoms with Gasteiger partial charge in [-0.1, -0.05) is 30.3 Å². The van der Waals surface area contributed by atoms with Crippen LogP contribution in [0.3, 0.4) is 0 Å². The van der Waals surface area contributed by atoms with Gasteiger partial charge in [0.05, 0.1) is 14.2 Å². The minimum absolute atomic E-state index is 0.384. The molecule has 3 rings (SSSR count). The van der Waals surface area contributed by atoms with Crippen LogP contribution in [0.4, 0.5) is 0 Å². The molecule has 1 fully saturated rings. The first kappa shape index (κ1) is 17.3. The van der Waals surface area contributed by atoms with Crippen molar-refractivity contribution in [2.24, 2.45) is 0 Å². The van der Waals surface area contributed by atoms with E-state index in [0.29, 0.717) is 17.1 Å². The first-order chi connectivity index (χ1) is 12.2. The Bertz CT molecular complexity index is 724. The van der Waals surface area contributed by atoms with Gasteiger partial charge in [0.1, 0.15) is 22.7 Å². The number of carbonyl (C=O) groups excluding carboxylic acids is 1. The van der Waals surface area contributed by atoms with E-state index in [-0.39, 0.29) is 5.97 Å². The molecule has 0 unspecified atom stereocenters. The molecule has 5 nitrogen and oxygen atoms in total. The van der Waals surface area contributed by atoms with E-state index in [1.165, 1.54) is 7.11 Å². The van der Waals surface area contributed by atoms with Gasteiger partial charge in [-0.05, 0) is 30.8 Å². The van der Waals surface area contributed by atoms with Gasteiger partial charge in [0.15, 0.2) is 0 Å². The van der Waals surface area contributed by atoms with Crippen molar-refractivity contribution < 1.29 is 19.0 Å². The summed E-state index contributed by atoms with van der Waals surface area (Å²) in [6.45, 7) is 1.61. The lowest BCUT2D eigenvalue weighted by molar-refractivity contribution is -0.0380. The molecule has 1 N–H and O–H groups in total. The van der Waals surface area contributed by atoms with Crippen LogP contribution in [0, 0.1) is 0 Å². The zero-order valence-corrected chi connectivity index (χ0v) is 14.6. The van der Waals surface area contributed by atoms with Crippen LogP contribution in [0.25, 0.3) is 0 Å². The highest BCUT2D eigenvalue weighted by Crippen LogP contribution is 2.37. The minimum Gasteiger partial charge on any atom is -0.497 e. The van der Waals surface area contributed by atoms with E-state index in [0.717, 1.165) is 31.5 Å². The average molecular weight is 341 g/mol. The van der Waals surface area contributed by atoms with Crippen molar-refractivity contribution >= 4 is 5.97 Å². The maximum atomic E-state index is 12.9. The van der Waals surface area contributed by atoms with Gasteiger partial charge in [-0.25, -0.2) is 4.79 Å². The Labute approximate surface area is 147 Å². The van der Waals surface area contributed by atoms with Crippen molar-refractivity contribution in [1.82, 2.24) is 5.32 Å². The molecule has 0 atom stereocenters. The second-order valence-electron chi connectivity index (χ2n) is 6.07. The molecule has 2 aromatic rings. The van der Waals surface area contributed by atoms with Crippen molar-refractivity contribution in [3.05, 3.63) is 59.7 Å². The number of methoxy groups -OCH3 is 2. The lowest BCUT2D eigenvalue weighted by Gasteiger charge is -2.37. The molecule has 0 bridgehead atoms. The maximum absolute atomic E-state index is 12.9. The number of benzene rings is 2. The highest BCUT2D eigenvalue weighted by atomic mass is 16.6. The molecular weight excluding hydrogens is 318 g/mol. The highest BCUT2D eigenvalue weighted by Gasteiger charge is 2.38. The van der Waals surface area contributed by atoms with Gasteiger partial charge < -0.3 is 19.5 Å². The molecule has 132 valence electrons. The second-order valence-corrected chi connectivity index (χ2v) is 6.07. The summed E-state index contributed by atoms with van der Waals surface area (Å²) in [4.78, 5) is 12.9. The van der Waals surface area contributed by atoms with Crippen molar-refractivity contribution in [3.8, 4) is 11.5 Å². The highest BCUT2D eigenvalue weighted by molar-refractivity contribution is 5.93. The molecular formula is C20H23NO4. The number of carbonyl (C=O) groups is 1. The molecule has 0 saturated carbocycles. The first-order valence-electron chi connectivity index (χ1n) is 8.40. The Morgan fingerprint density at radius 1 is 1.00 bits per heavy atom. The molecule has 0 radical (unpaired) electrons. The normalized spacial score (nSPS) is 16.1. The lowest BCUT2D eigenvalue weighted by atomic mass is 9.84. The van der Waals surface area contributed by atoms with Gasteiger partial charge in [0.2, 0.25) is 0 Å². The topological polar surface area (TPSA) is 56.8 Å². The summed E-state index contributed by atoms with van der Waals surface area (Å²) in [6, 6.07) is 15.0. The fraction of sp³-hybridized carbons (Fsp3) is 0.350. The van der Waals surface area contributed by atoms with Gasteiger partial charge in [0, 0.05) is 18.9 Å². The van der Waals surface area contributed by atoms with Crippen molar-refractivity contribution in [2.75, 3.05) is 27.3 Å². The molecule has 0 aliphatic carbocycles. The Kier molecular flexibility index (Phi) is 5.24. The van der Waals surface area contributed by atoms with E-state index in [4.69, 9.17) is 14.2 Å². The van der Waals surface area contributed by atoms with E-state index in [1.807, 2.05) is 30.3 Å². The number of rotatable bonds is 5. The Balaban J connectivity index is 1.91. The molecule has 1 saturated heterocycles. The Morgan fingerprint density at radius 2 is 1.72 bits per heavy atom. The van der Waals surface area contributed by atoms with Gasteiger partial charge in [-0.15, -0.1) is 0 Å². The van der Waals surface area contributed by atoms with Gasteiger partial charge >= 0.3 is 5.97 Å². The van der Waals surface area contributed by atoms with E-state index in [1.54, 1.807) is 25.3 Å². The van der Waals surface area contributed by atoms with Gasteiger partial charge in [-0.3, -0.25) is 0 Å². The fourth-order valence-electron chi connectivity index (χ4n) is 3.22. The summed E-state index contributed by atoms with van der Waals surface area (Å²) in [6.07, 6.45) is 1.47. The molecule has 5 heteroatoms. The molecule has 1 aliphatic rings. The van der Waals surface area contributed by atoms with E-state index < -0.39 is 5.60 Å². The lowest BCUT2D eigenvalue weighted by Crippen LogP contribution is -2.43. The second kappa shape index (κ2) is 7.57. The number of esters is 1. The largest absolute Gasteiger partial charge is 0.497 e. The van der Waals surface area contributed by atoms with Crippen LogP contribution >= 0.6 is 0 Å². The van der Waals surface area contributed by atoms with E-state index in [9.17, 15) is 4.79 Å². The Hall–Kier alpha value is -2.53. The average Bonchev–Trinajstić information content (AvgIpc) is 2.68. The van der Waals surface area contributed by atoms with Crippen LogP contribution in [0.5, 0.6) is 11.5 Å². The number of ether oxygens (including phenoxy) is 3. The number of piperidine rings is 1. The summed E-state index contributed by atoms with van der Waals surface area (Å²) in [7, 11) is 3.11. The third kappa shape index (κ3) is 3.61. The third-order valence-corrected chi connectivity index (χ3v) is 4.63. The SMILES string of the molecule is COc1ccc(C(=O)OC2(c3ccccc3)CCNCC2)c(OC)c1. The zero-order valence-electron chi connectivity index (χ0n) is 14.6. The minimum atomic E-state index is -0.617. The van der Waals surface area contributed by atoms with Crippen LogP contribution < -0.4 is 14.8 Å². The molecule has 1 aliphatic heterocycles. The molecule has 2 aromatic carbocycles. The summed E-state index contributed by atoms with van der Waals surface area (Å²) in [5.74, 6) is 0.694. The fourth-order valence-corrected chi connectivity index (χ4v) is 3.22. The van der Waals surface area contributed by atoms with E-state index in [2.05, 4.69) is 5.32 Å². The smallest absolute Gasteiger partial charge is 0.342 e. The number of hydrogen-bond acceptors (Lipinski definition) is 5. The molecule has 0 amide bonds. The summed E-state index contributed by atoms with van der Waals surface area (Å²) < 4.78 is 16.6. The van der Waals surface area contributed by atoms with E-state index >= 15 is 0 Å². The molecule has 25 heavy (non-hydrogen) atoms. The van der Waals surface area contributed by atoms with Crippen LogP contribution in [0.1, 0.15) is 28.8 Å². The number of nitrogens with one attached hydrogen (secondary N) is 1. The monoisotopic (exact) mass is 341 g/mol. The Morgan fingerprint density at radius 3 is 2.36 bits per heavy atom. The maximum Gasteiger partial charge on any atom is 0.342 e. The van der Waals surface area contributed by atoms with Crippen molar-refractivity contribution in [2.45, 2.75) is 18.4 Å². The third-order valence-electron chi connectivity index (χ3n) is 4.63. The molecule has 0 aromatic heterocycles. The zero-order chi connectivity index (χ0) is 17.7. The quantitative estimate of drug-likeness (QED) is 0.847. The van der Waals surface area contributed by atoms with Crippen LogP contribution in [0.15, 0.2) is 48.5 Å². The molecule has 0 spiro atoms. The number of hydrogen-bond donors (Lipinski definition) is 1. The molecule has 1 heterocycles. The van der Waals surface area contributed by atoms with Crippen molar-refractivity contribution in [3.63, 3.8) is 0 Å².